The van der Waals surface area contributed by atoms with Gasteiger partial charge >= 0.3 is 0 Å². The largest absolute Gasteiger partial charge is 0.378 e. The van der Waals surface area contributed by atoms with Crippen molar-refractivity contribution in [2.45, 2.75) is 60.0 Å². The zero-order chi connectivity index (χ0) is 16.2. The highest BCUT2D eigenvalue weighted by Gasteiger charge is 2.32. The van der Waals surface area contributed by atoms with Crippen LogP contribution in [0.3, 0.4) is 0 Å². The van der Waals surface area contributed by atoms with Crippen LogP contribution in [0.5, 0.6) is 0 Å². The summed E-state index contributed by atoms with van der Waals surface area (Å²) >= 11 is 0. The number of rotatable bonds is 7. The van der Waals surface area contributed by atoms with Crippen LogP contribution in [0.25, 0.3) is 0 Å². The van der Waals surface area contributed by atoms with Crippen molar-refractivity contribution in [3.05, 3.63) is 0 Å². The van der Waals surface area contributed by atoms with Gasteiger partial charge in [-0.05, 0) is 42.4 Å². The van der Waals surface area contributed by atoms with Gasteiger partial charge in [-0.1, -0.05) is 41.0 Å². The summed E-state index contributed by atoms with van der Waals surface area (Å²) in [6.07, 6.45) is 3.82. The lowest BCUT2D eigenvalue weighted by atomic mass is 9.75. The molecule has 1 fully saturated rings. The van der Waals surface area contributed by atoms with Gasteiger partial charge in [0.05, 0.1) is 18.5 Å². The molecule has 0 aliphatic heterocycles. The molecule has 1 saturated carbocycles. The van der Waals surface area contributed by atoms with E-state index < -0.39 is 9.05 Å². The van der Waals surface area contributed by atoms with Gasteiger partial charge in [-0.2, -0.15) is 0 Å². The first-order valence-corrected chi connectivity index (χ1v) is 10.6. The third-order valence-corrected chi connectivity index (χ3v) is 6.05. The van der Waals surface area contributed by atoms with Crippen LogP contribution in [0.4, 0.5) is 0 Å². The van der Waals surface area contributed by atoms with Crippen molar-refractivity contribution in [3.63, 3.8) is 0 Å². The first kappa shape index (κ1) is 19.2. The third-order valence-electron chi connectivity index (χ3n) is 4.84. The van der Waals surface area contributed by atoms with Gasteiger partial charge in [0, 0.05) is 10.7 Å². The minimum absolute atomic E-state index is 0.000834. The van der Waals surface area contributed by atoms with Crippen LogP contribution in [0.1, 0.15) is 53.9 Å². The molecule has 0 bridgehead atoms. The van der Waals surface area contributed by atoms with Gasteiger partial charge in [-0.3, -0.25) is 0 Å². The molecule has 0 amide bonds. The highest BCUT2D eigenvalue weighted by atomic mass is 35.7. The standard InChI is InChI=1S/C16H31ClO3S/c1-11(2)14(10-21(17,18)19)9-20-16-8-13(5)6-7-15(16)12(3)4/h11-16H,6-10H2,1-5H3. The van der Waals surface area contributed by atoms with Crippen molar-refractivity contribution in [2.24, 2.45) is 29.6 Å². The maximum atomic E-state index is 11.3. The minimum Gasteiger partial charge on any atom is -0.378 e. The molecule has 0 aromatic heterocycles. The first-order valence-electron chi connectivity index (χ1n) is 8.14. The number of hydrogen-bond donors (Lipinski definition) is 0. The summed E-state index contributed by atoms with van der Waals surface area (Å²) in [5.41, 5.74) is 0. The zero-order valence-corrected chi connectivity index (χ0v) is 15.6. The van der Waals surface area contributed by atoms with E-state index in [4.69, 9.17) is 15.4 Å². The fourth-order valence-electron chi connectivity index (χ4n) is 3.24. The van der Waals surface area contributed by atoms with Crippen molar-refractivity contribution in [3.8, 4) is 0 Å². The van der Waals surface area contributed by atoms with E-state index in [0.29, 0.717) is 24.4 Å². The van der Waals surface area contributed by atoms with Gasteiger partial charge in [0.25, 0.3) is 0 Å². The molecule has 0 aromatic rings. The molecule has 126 valence electrons. The van der Waals surface area contributed by atoms with Crippen molar-refractivity contribution >= 4 is 19.7 Å². The second-order valence-corrected chi connectivity index (χ2v) is 10.2. The van der Waals surface area contributed by atoms with Gasteiger partial charge in [0.15, 0.2) is 0 Å². The molecule has 1 rings (SSSR count). The maximum absolute atomic E-state index is 11.3. The van der Waals surface area contributed by atoms with Crippen LogP contribution in [0.2, 0.25) is 0 Å². The van der Waals surface area contributed by atoms with E-state index in [1.807, 2.05) is 13.8 Å². The average molecular weight is 339 g/mol. The van der Waals surface area contributed by atoms with Crippen LogP contribution in [-0.2, 0) is 13.8 Å². The lowest BCUT2D eigenvalue weighted by Crippen LogP contribution is -2.36. The molecule has 0 saturated heterocycles. The predicted octanol–water partition coefficient (Wildman–Crippen LogP) is 4.30. The summed E-state index contributed by atoms with van der Waals surface area (Å²) in [6, 6.07) is 0. The number of halogens is 1. The Bertz CT molecular complexity index is 406. The van der Waals surface area contributed by atoms with E-state index in [1.165, 1.54) is 12.8 Å². The molecule has 0 spiro atoms. The molecule has 0 heterocycles. The summed E-state index contributed by atoms with van der Waals surface area (Å²) in [5, 5.41) is 0. The Morgan fingerprint density at radius 2 is 1.81 bits per heavy atom. The lowest BCUT2D eigenvalue weighted by molar-refractivity contribution is -0.0535. The van der Waals surface area contributed by atoms with Gasteiger partial charge in [0.2, 0.25) is 9.05 Å². The predicted molar refractivity (Wildman–Crippen MR) is 89.1 cm³/mol. The summed E-state index contributed by atoms with van der Waals surface area (Å²) < 4.78 is 28.8. The Morgan fingerprint density at radius 1 is 1.19 bits per heavy atom. The molecule has 0 radical (unpaired) electrons. The summed E-state index contributed by atoms with van der Waals surface area (Å²) in [5.74, 6) is 2.10. The molecule has 4 atom stereocenters. The maximum Gasteiger partial charge on any atom is 0.232 e. The molecular formula is C16H31ClO3S. The molecule has 1 aliphatic carbocycles. The fraction of sp³-hybridized carbons (Fsp3) is 1.00. The van der Waals surface area contributed by atoms with E-state index >= 15 is 0 Å². The lowest BCUT2D eigenvalue weighted by Gasteiger charge is -2.38. The molecular weight excluding hydrogens is 308 g/mol. The zero-order valence-electron chi connectivity index (χ0n) is 14.0. The highest BCUT2D eigenvalue weighted by Crippen LogP contribution is 2.35. The Labute approximate surface area is 135 Å². The molecule has 4 unspecified atom stereocenters. The SMILES string of the molecule is CC1CCC(C(C)C)C(OCC(CS(=O)(=O)Cl)C(C)C)C1. The minimum atomic E-state index is -3.47. The Kier molecular flexibility index (Phi) is 7.48. The van der Waals surface area contributed by atoms with Crippen LogP contribution >= 0.6 is 10.7 Å². The molecule has 0 aromatic carbocycles. The second kappa shape index (κ2) is 8.16. The van der Waals surface area contributed by atoms with E-state index in [1.54, 1.807) is 0 Å². The van der Waals surface area contributed by atoms with Crippen molar-refractivity contribution in [2.75, 3.05) is 12.4 Å². The smallest absolute Gasteiger partial charge is 0.232 e. The quantitative estimate of drug-likeness (QED) is 0.650. The average Bonchev–Trinajstić information content (AvgIpc) is 2.32. The molecule has 21 heavy (non-hydrogen) atoms. The molecule has 1 aliphatic rings. The van der Waals surface area contributed by atoms with Crippen LogP contribution in [0, 0.1) is 29.6 Å². The molecule has 0 N–H and O–H groups in total. The van der Waals surface area contributed by atoms with Crippen molar-refractivity contribution in [1.29, 1.82) is 0 Å². The van der Waals surface area contributed by atoms with Crippen LogP contribution < -0.4 is 0 Å². The molecule has 3 nitrogen and oxygen atoms in total. The topological polar surface area (TPSA) is 43.4 Å². The Hall–Kier alpha value is 0.200. The molecule has 5 heteroatoms. The Balaban J connectivity index is 2.63. The van der Waals surface area contributed by atoms with Gasteiger partial charge in [-0.25, -0.2) is 8.42 Å². The van der Waals surface area contributed by atoms with Crippen molar-refractivity contribution in [1.82, 2.24) is 0 Å². The van der Waals surface area contributed by atoms with E-state index in [9.17, 15) is 8.42 Å². The summed E-state index contributed by atoms with van der Waals surface area (Å²) in [6.45, 7) is 11.3. The number of ether oxygens (including phenoxy) is 1. The van der Waals surface area contributed by atoms with Crippen molar-refractivity contribution < 1.29 is 13.2 Å². The monoisotopic (exact) mass is 338 g/mol. The normalized spacial score (nSPS) is 29.0. The van der Waals surface area contributed by atoms with Gasteiger partial charge < -0.3 is 4.74 Å². The second-order valence-electron chi connectivity index (χ2n) is 7.41. The van der Waals surface area contributed by atoms with E-state index in [0.717, 1.165) is 6.42 Å². The summed E-state index contributed by atoms with van der Waals surface area (Å²) in [4.78, 5) is 0. The number of hydrogen-bond acceptors (Lipinski definition) is 3. The van der Waals surface area contributed by atoms with E-state index in [2.05, 4.69) is 20.8 Å². The first-order chi connectivity index (χ1) is 9.60. The van der Waals surface area contributed by atoms with Crippen LogP contribution in [0.15, 0.2) is 0 Å². The Morgan fingerprint density at radius 3 is 2.29 bits per heavy atom. The summed E-state index contributed by atoms with van der Waals surface area (Å²) in [7, 11) is 1.94. The van der Waals surface area contributed by atoms with E-state index in [-0.39, 0.29) is 23.7 Å². The fourth-order valence-corrected chi connectivity index (χ4v) is 4.72. The third kappa shape index (κ3) is 6.87. The highest BCUT2D eigenvalue weighted by molar-refractivity contribution is 8.13. The van der Waals surface area contributed by atoms with Crippen LogP contribution in [-0.4, -0.2) is 26.9 Å². The van der Waals surface area contributed by atoms with Gasteiger partial charge in [0.1, 0.15) is 0 Å². The van der Waals surface area contributed by atoms with Gasteiger partial charge in [-0.15, -0.1) is 0 Å².